The molecule has 1 rings (SSSR count). The van der Waals surface area contributed by atoms with Crippen molar-refractivity contribution in [2.45, 2.75) is 41.0 Å². The van der Waals surface area contributed by atoms with Gasteiger partial charge in [-0.2, -0.15) is 0 Å². The van der Waals surface area contributed by atoms with E-state index in [4.69, 9.17) is 0 Å². The zero-order valence-electron chi connectivity index (χ0n) is 15.9. The van der Waals surface area contributed by atoms with Gasteiger partial charge in [-0.05, 0) is 56.9 Å². The van der Waals surface area contributed by atoms with Crippen LogP contribution < -0.4 is 26.8 Å². The number of hydrogen-bond donors (Lipinski definition) is 5. The Labute approximate surface area is 147 Å². The summed E-state index contributed by atoms with van der Waals surface area (Å²) in [6.07, 6.45) is 7.47. The topological polar surface area (TPSA) is 69.3 Å². The fraction of sp³-hybridized carbons (Fsp3) is 0.526. The van der Waals surface area contributed by atoms with E-state index in [0.717, 1.165) is 24.6 Å². The van der Waals surface area contributed by atoms with Crippen LogP contribution in [0.25, 0.3) is 0 Å². The number of rotatable bonds is 12. The van der Waals surface area contributed by atoms with Crippen molar-refractivity contribution in [3.05, 3.63) is 53.5 Å². The van der Waals surface area contributed by atoms with Crippen molar-refractivity contribution in [2.75, 3.05) is 13.2 Å². The summed E-state index contributed by atoms with van der Waals surface area (Å²) in [6.45, 7) is 16.6. The molecule has 1 aliphatic carbocycles. The minimum Gasteiger partial charge on any atom is -0.342 e. The molecular weight excluding hydrogens is 298 g/mol. The summed E-state index contributed by atoms with van der Waals surface area (Å²) < 4.78 is 0. The van der Waals surface area contributed by atoms with Gasteiger partial charge in [0.25, 0.3) is 0 Å². The molecule has 5 nitrogen and oxygen atoms in total. The minimum atomic E-state index is 0.554. The highest BCUT2D eigenvalue weighted by atomic mass is 15.4. The standard InChI is InChI=1S/C19H33N5/c1-7-10-20-11-9-15(4)18-16(5)19(18)22-13-21-17(6)24-23-12-8-14(2)3/h9,11-12,15,18,20-24H,6-7,10,13H2,1-5H3/p+2. The Hall–Kier alpha value is -1.94. The lowest BCUT2D eigenvalue weighted by molar-refractivity contribution is -0.615. The van der Waals surface area contributed by atoms with Crippen molar-refractivity contribution in [1.29, 1.82) is 0 Å². The first-order valence-corrected chi connectivity index (χ1v) is 8.83. The SMILES string of the molecule is C=C(NNC=C=C(C)C)[NH2+]CNC1=C(C)C1C(C)C=C[NH2+]CCC. The van der Waals surface area contributed by atoms with E-state index in [-0.39, 0.29) is 0 Å². The lowest BCUT2D eigenvalue weighted by atomic mass is 10.0. The van der Waals surface area contributed by atoms with Crippen LogP contribution in [0.1, 0.15) is 41.0 Å². The Bertz CT molecular complexity index is 534. The molecule has 0 fully saturated rings. The largest absolute Gasteiger partial charge is 0.342 e. The molecule has 0 spiro atoms. The third-order valence-electron chi connectivity index (χ3n) is 3.96. The van der Waals surface area contributed by atoms with E-state index in [1.54, 1.807) is 6.20 Å². The van der Waals surface area contributed by atoms with Gasteiger partial charge in [-0.25, -0.2) is 0 Å². The van der Waals surface area contributed by atoms with Crippen LogP contribution in [0.4, 0.5) is 0 Å². The zero-order valence-corrected chi connectivity index (χ0v) is 15.9. The second-order valence-electron chi connectivity index (χ2n) is 6.51. The summed E-state index contributed by atoms with van der Waals surface area (Å²) >= 11 is 0. The maximum Gasteiger partial charge on any atom is 0.210 e. The average molecular weight is 334 g/mol. The van der Waals surface area contributed by atoms with E-state index in [1.807, 2.05) is 19.2 Å². The van der Waals surface area contributed by atoms with Crippen LogP contribution in [0.5, 0.6) is 0 Å². The second-order valence-corrected chi connectivity index (χ2v) is 6.51. The molecule has 0 aromatic rings. The lowest BCUT2D eigenvalue weighted by Gasteiger charge is -2.09. The van der Waals surface area contributed by atoms with Gasteiger partial charge >= 0.3 is 0 Å². The Morgan fingerprint density at radius 3 is 2.83 bits per heavy atom. The molecule has 0 saturated carbocycles. The van der Waals surface area contributed by atoms with Gasteiger partial charge in [0.05, 0.1) is 18.9 Å². The van der Waals surface area contributed by atoms with Crippen molar-refractivity contribution >= 4 is 0 Å². The van der Waals surface area contributed by atoms with Crippen LogP contribution in [-0.2, 0) is 0 Å². The van der Waals surface area contributed by atoms with Gasteiger partial charge in [0.1, 0.15) is 0 Å². The van der Waals surface area contributed by atoms with E-state index in [0.29, 0.717) is 11.8 Å². The van der Waals surface area contributed by atoms with Gasteiger partial charge in [-0.15, -0.1) is 5.73 Å². The molecule has 0 aromatic heterocycles. The number of nitrogens with two attached hydrogens (primary N) is 2. The first kappa shape index (κ1) is 20.1. The molecule has 0 heterocycles. The summed E-state index contributed by atoms with van der Waals surface area (Å²) in [6, 6.07) is 0. The molecule has 0 radical (unpaired) electrons. The highest BCUT2D eigenvalue weighted by molar-refractivity contribution is 5.39. The predicted octanol–water partition coefficient (Wildman–Crippen LogP) is 0.768. The van der Waals surface area contributed by atoms with Crippen molar-refractivity contribution in [3.8, 4) is 0 Å². The number of quaternary nitrogens is 2. The Morgan fingerprint density at radius 1 is 1.42 bits per heavy atom. The van der Waals surface area contributed by atoms with Crippen molar-refractivity contribution in [2.24, 2.45) is 11.8 Å². The van der Waals surface area contributed by atoms with Crippen LogP contribution in [0.3, 0.4) is 0 Å². The Balaban J connectivity index is 2.20. The molecule has 0 aromatic carbocycles. The highest BCUT2D eigenvalue weighted by Crippen LogP contribution is 2.42. The second kappa shape index (κ2) is 10.8. The monoisotopic (exact) mass is 333 g/mol. The van der Waals surface area contributed by atoms with E-state index < -0.39 is 0 Å². The summed E-state index contributed by atoms with van der Waals surface area (Å²) in [7, 11) is 0. The van der Waals surface area contributed by atoms with Crippen LogP contribution in [0, 0.1) is 11.8 Å². The van der Waals surface area contributed by atoms with Gasteiger partial charge in [0, 0.05) is 11.6 Å². The van der Waals surface area contributed by atoms with Gasteiger partial charge in [0.15, 0.2) is 6.67 Å². The average Bonchev–Trinajstić information content (AvgIpc) is 3.17. The van der Waals surface area contributed by atoms with E-state index in [9.17, 15) is 0 Å². The van der Waals surface area contributed by atoms with Crippen molar-refractivity contribution in [1.82, 2.24) is 16.2 Å². The van der Waals surface area contributed by atoms with Gasteiger partial charge < -0.3 is 10.6 Å². The number of hydrazine groups is 1. The van der Waals surface area contributed by atoms with Crippen LogP contribution in [-0.4, -0.2) is 13.2 Å². The molecule has 24 heavy (non-hydrogen) atoms. The fourth-order valence-corrected chi connectivity index (χ4v) is 2.53. The molecule has 134 valence electrons. The third-order valence-corrected chi connectivity index (χ3v) is 3.96. The summed E-state index contributed by atoms with van der Waals surface area (Å²) in [5.41, 5.74) is 13.0. The van der Waals surface area contributed by atoms with Crippen LogP contribution in [0.15, 0.2) is 53.5 Å². The molecule has 2 atom stereocenters. The summed E-state index contributed by atoms with van der Waals surface area (Å²) in [5, 5.41) is 7.79. The van der Waals surface area contributed by atoms with Gasteiger partial charge in [-0.3, -0.25) is 16.2 Å². The highest BCUT2D eigenvalue weighted by Gasteiger charge is 2.36. The minimum absolute atomic E-state index is 0.554. The maximum absolute atomic E-state index is 3.96. The molecular formula is C19H35N5+2. The summed E-state index contributed by atoms with van der Waals surface area (Å²) in [4.78, 5) is 0. The quantitative estimate of drug-likeness (QED) is 0.159. The van der Waals surface area contributed by atoms with E-state index in [1.165, 1.54) is 17.7 Å². The number of nitrogens with one attached hydrogen (secondary N) is 3. The molecule has 0 bridgehead atoms. The summed E-state index contributed by atoms with van der Waals surface area (Å²) in [5.74, 6) is 1.97. The van der Waals surface area contributed by atoms with Crippen LogP contribution in [0.2, 0.25) is 0 Å². The molecule has 7 N–H and O–H groups in total. The molecule has 2 unspecified atom stereocenters. The van der Waals surface area contributed by atoms with Crippen molar-refractivity contribution < 1.29 is 10.6 Å². The van der Waals surface area contributed by atoms with E-state index in [2.05, 4.69) is 66.8 Å². The van der Waals surface area contributed by atoms with Gasteiger partial charge in [0.2, 0.25) is 5.82 Å². The molecule has 1 aliphatic rings. The predicted molar refractivity (Wildman–Crippen MR) is 99.9 cm³/mol. The molecule has 0 aliphatic heterocycles. The molecule has 5 heteroatoms. The number of allylic oxidation sites excluding steroid dienone is 4. The first-order valence-electron chi connectivity index (χ1n) is 8.83. The van der Waals surface area contributed by atoms with Crippen molar-refractivity contribution in [3.63, 3.8) is 0 Å². The lowest BCUT2D eigenvalue weighted by Crippen LogP contribution is -2.87. The first-order chi connectivity index (χ1) is 11.5. The maximum atomic E-state index is 3.96. The normalized spacial score (nSPS) is 17.3. The van der Waals surface area contributed by atoms with E-state index >= 15 is 0 Å². The third kappa shape index (κ3) is 7.55. The smallest absolute Gasteiger partial charge is 0.210 e. The number of hydrogen-bond acceptors (Lipinski definition) is 3. The fourth-order valence-electron chi connectivity index (χ4n) is 2.53. The van der Waals surface area contributed by atoms with Crippen LogP contribution >= 0.6 is 0 Å². The Kier molecular flexibility index (Phi) is 9.02. The Morgan fingerprint density at radius 2 is 2.17 bits per heavy atom. The molecule has 0 saturated heterocycles. The van der Waals surface area contributed by atoms with Gasteiger partial charge in [-0.1, -0.05) is 13.8 Å². The molecule has 0 amide bonds. The zero-order chi connectivity index (χ0) is 17.9.